The van der Waals surface area contributed by atoms with E-state index in [9.17, 15) is 4.79 Å². The first-order valence-electron chi connectivity index (χ1n) is 4.42. The van der Waals surface area contributed by atoms with Crippen LogP contribution in [0.5, 0.6) is 0 Å². The standard InChI is InChI=1S/C9H15N3O2/c1-9(2,6-13)5-11-8(14)12-4-3-10-7-12/h3-4,7,13H,5-6H2,1-2H3,(H,11,14). The average molecular weight is 197 g/mol. The summed E-state index contributed by atoms with van der Waals surface area (Å²) in [5, 5.41) is 11.7. The molecule has 0 bridgehead atoms. The number of amides is 1. The van der Waals surface area contributed by atoms with Crippen LogP contribution in [0.25, 0.3) is 0 Å². The van der Waals surface area contributed by atoms with Crippen LogP contribution in [0.15, 0.2) is 18.7 Å². The quantitative estimate of drug-likeness (QED) is 0.739. The van der Waals surface area contributed by atoms with Crippen LogP contribution in [-0.2, 0) is 0 Å². The fourth-order valence-electron chi connectivity index (χ4n) is 0.841. The maximum atomic E-state index is 11.4. The highest BCUT2D eigenvalue weighted by Gasteiger charge is 2.17. The Morgan fingerprint density at radius 3 is 2.86 bits per heavy atom. The Kier molecular flexibility index (Phi) is 3.24. The van der Waals surface area contributed by atoms with E-state index in [4.69, 9.17) is 5.11 Å². The number of carbonyl (C=O) groups is 1. The van der Waals surface area contributed by atoms with Gasteiger partial charge in [0.2, 0.25) is 0 Å². The zero-order valence-electron chi connectivity index (χ0n) is 8.40. The van der Waals surface area contributed by atoms with Gasteiger partial charge in [-0.25, -0.2) is 9.78 Å². The first kappa shape index (κ1) is 10.7. The van der Waals surface area contributed by atoms with Gasteiger partial charge in [0.05, 0.1) is 0 Å². The van der Waals surface area contributed by atoms with Crippen molar-refractivity contribution in [2.75, 3.05) is 13.2 Å². The first-order chi connectivity index (χ1) is 6.55. The third-order valence-electron chi connectivity index (χ3n) is 1.89. The van der Waals surface area contributed by atoms with Crippen molar-refractivity contribution in [1.82, 2.24) is 14.9 Å². The fourth-order valence-corrected chi connectivity index (χ4v) is 0.841. The number of hydrogen-bond acceptors (Lipinski definition) is 3. The van der Waals surface area contributed by atoms with E-state index in [1.807, 2.05) is 13.8 Å². The third kappa shape index (κ3) is 2.85. The molecule has 5 nitrogen and oxygen atoms in total. The summed E-state index contributed by atoms with van der Waals surface area (Å²) >= 11 is 0. The van der Waals surface area contributed by atoms with Crippen molar-refractivity contribution in [3.05, 3.63) is 18.7 Å². The normalized spacial score (nSPS) is 11.4. The van der Waals surface area contributed by atoms with Crippen LogP contribution in [0.4, 0.5) is 4.79 Å². The number of carbonyl (C=O) groups excluding carboxylic acids is 1. The molecule has 1 aromatic rings. The number of rotatable bonds is 3. The number of nitrogens with zero attached hydrogens (tertiary/aromatic N) is 2. The van der Waals surface area contributed by atoms with Gasteiger partial charge in [0.1, 0.15) is 6.33 Å². The summed E-state index contributed by atoms with van der Waals surface area (Å²) in [6.45, 7) is 4.22. The molecule has 0 spiro atoms. The molecule has 0 aliphatic rings. The number of aromatic nitrogens is 2. The highest BCUT2D eigenvalue weighted by Crippen LogP contribution is 2.10. The van der Waals surface area contributed by atoms with Gasteiger partial charge in [-0.1, -0.05) is 13.8 Å². The molecule has 0 aliphatic carbocycles. The van der Waals surface area contributed by atoms with Crippen LogP contribution >= 0.6 is 0 Å². The summed E-state index contributed by atoms with van der Waals surface area (Å²) in [6, 6.07) is -0.232. The van der Waals surface area contributed by atoms with Crippen molar-refractivity contribution in [1.29, 1.82) is 0 Å². The van der Waals surface area contributed by atoms with Gasteiger partial charge in [-0.2, -0.15) is 0 Å². The molecular weight excluding hydrogens is 182 g/mol. The molecule has 0 radical (unpaired) electrons. The summed E-state index contributed by atoms with van der Waals surface area (Å²) in [7, 11) is 0. The SMILES string of the molecule is CC(C)(CO)CNC(=O)n1ccnc1. The summed E-state index contributed by atoms with van der Waals surface area (Å²) in [6.07, 6.45) is 4.54. The predicted octanol–water partition coefficient (Wildman–Crippen LogP) is 0.459. The van der Waals surface area contributed by atoms with Gasteiger partial charge in [0.15, 0.2) is 0 Å². The lowest BCUT2D eigenvalue weighted by Gasteiger charge is -2.21. The molecule has 0 fully saturated rings. The lowest BCUT2D eigenvalue weighted by Crippen LogP contribution is -2.37. The van der Waals surface area contributed by atoms with E-state index in [1.54, 1.807) is 6.20 Å². The van der Waals surface area contributed by atoms with E-state index in [0.717, 1.165) is 0 Å². The van der Waals surface area contributed by atoms with E-state index >= 15 is 0 Å². The van der Waals surface area contributed by atoms with Crippen LogP contribution in [0.2, 0.25) is 0 Å². The molecule has 14 heavy (non-hydrogen) atoms. The van der Waals surface area contributed by atoms with E-state index in [0.29, 0.717) is 6.54 Å². The number of hydrogen-bond donors (Lipinski definition) is 2. The Labute approximate surface area is 82.8 Å². The van der Waals surface area contributed by atoms with E-state index in [2.05, 4.69) is 10.3 Å². The summed E-state index contributed by atoms with van der Waals surface area (Å²) < 4.78 is 1.35. The molecule has 5 heteroatoms. The van der Waals surface area contributed by atoms with Gasteiger partial charge in [-0.15, -0.1) is 0 Å². The molecular formula is C9H15N3O2. The van der Waals surface area contributed by atoms with Crippen molar-refractivity contribution in [3.8, 4) is 0 Å². The Balaban J connectivity index is 2.43. The molecule has 0 aliphatic heterocycles. The Bertz CT molecular complexity index is 293. The van der Waals surface area contributed by atoms with Crippen LogP contribution in [0, 0.1) is 5.41 Å². The third-order valence-corrected chi connectivity index (χ3v) is 1.89. The minimum absolute atomic E-state index is 0.0389. The molecule has 1 heterocycles. The molecule has 0 saturated heterocycles. The monoisotopic (exact) mass is 197 g/mol. The molecule has 0 aromatic carbocycles. The van der Waals surface area contributed by atoms with Crippen molar-refractivity contribution in [2.45, 2.75) is 13.8 Å². The highest BCUT2D eigenvalue weighted by molar-refractivity contribution is 5.76. The predicted molar refractivity (Wildman–Crippen MR) is 51.9 cm³/mol. The van der Waals surface area contributed by atoms with Crippen molar-refractivity contribution in [3.63, 3.8) is 0 Å². The van der Waals surface area contributed by atoms with E-state index < -0.39 is 0 Å². The second-order valence-electron chi connectivity index (χ2n) is 3.95. The topological polar surface area (TPSA) is 67.2 Å². The molecule has 1 aromatic heterocycles. The average Bonchev–Trinajstić information content (AvgIpc) is 2.67. The lowest BCUT2D eigenvalue weighted by atomic mass is 9.95. The van der Waals surface area contributed by atoms with Gasteiger partial charge in [0.25, 0.3) is 0 Å². The summed E-state index contributed by atoms with van der Waals surface area (Å²) in [4.78, 5) is 15.2. The van der Waals surface area contributed by atoms with Crippen LogP contribution in [0.1, 0.15) is 13.8 Å². The molecule has 0 saturated carbocycles. The van der Waals surface area contributed by atoms with Gasteiger partial charge < -0.3 is 10.4 Å². The highest BCUT2D eigenvalue weighted by atomic mass is 16.3. The number of aliphatic hydroxyl groups is 1. The molecule has 78 valence electrons. The minimum atomic E-state index is -0.295. The second-order valence-corrected chi connectivity index (χ2v) is 3.95. The Morgan fingerprint density at radius 1 is 1.64 bits per heavy atom. The van der Waals surface area contributed by atoms with Crippen LogP contribution in [-0.4, -0.2) is 33.8 Å². The minimum Gasteiger partial charge on any atom is -0.396 e. The summed E-state index contributed by atoms with van der Waals surface area (Å²) in [5.41, 5.74) is -0.295. The second kappa shape index (κ2) is 4.23. The van der Waals surface area contributed by atoms with Crippen molar-refractivity contribution < 1.29 is 9.90 Å². The van der Waals surface area contributed by atoms with Gasteiger partial charge in [0, 0.05) is 31.0 Å². The molecule has 0 atom stereocenters. The van der Waals surface area contributed by atoms with Crippen LogP contribution in [0.3, 0.4) is 0 Å². The van der Waals surface area contributed by atoms with E-state index in [1.165, 1.54) is 17.1 Å². The zero-order valence-corrected chi connectivity index (χ0v) is 8.40. The first-order valence-corrected chi connectivity index (χ1v) is 4.42. The summed E-state index contributed by atoms with van der Waals surface area (Å²) in [5.74, 6) is 0. The van der Waals surface area contributed by atoms with Crippen molar-refractivity contribution in [2.24, 2.45) is 5.41 Å². The molecule has 1 amide bonds. The molecule has 1 rings (SSSR count). The van der Waals surface area contributed by atoms with Gasteiger partial charge >= 0.3 is 6.03 Å². The number of aliphatic hydroxyl groups excluding tert-OH is 1. The van der Waals surface area contributed by atoms with Gasteiger partial charge in [-0.3, -0.25) is 4.57 Å². The number of nitrogens with one attached hydrogen (secondary N) is 1. The maximum Gasteiger partial charge on any atom is 0.326 e. The maximum absolute atomic E-state index is 11.4. The molecule has 0 unspecified atom stereocenters. The van der Waals surface area contributed by atoms with Gasteiger partial charge in [-0.05, 0) is 0 Å². The zero-order chi connectivity index (χ0) is 10.6. The largest absolute Gasteiger partial charge is 0.396 e. The van der Waals surface area contributed by atoms with Crippen LogP contribution < -0.4 is 5.32 Å². The lowest BCUT2D eigenvalue weighted by molar-refractivity contribution is 0.157. The smallest absolute Gasteiger partial charge is 0.326 e. The van der Waals surface area contributed by atoms with Crippen molar-refractivity contribution >= 4 is 6.03 Å². The number of imidazole rings is 1. The fraction of sp³-hybridized carbons (Fsp3) is 0.556. The Morgan fingerprint density at radius 2 is 2.36 bits per heavy atom. The Hall–Kier alpha value is -1.36. The molecule has 2 N–H and O–H groups in total. The van der Waals surface area contributed by atoms with E-state index in [-0.39, 0.29) is 18.1 Å².